The van der Waals surface area contributed by atoms with Gasteiger partial charge >= 0.3 is 0 Å². The molecule has 82 valence electrons. The van der Waals surface area contributed by atoms with Gasteiger partial charge in [0.2, 0.25) is 11.6 Å². The topological polar surface area (TPSA) is 30.2 Å². The molecule has 3 nitrogen and oxygen atoms in total. The second-order valence-electron chi connectivity index (χ2n) is 2.68. The molecule has 0 radical (unpaired) electrons. The number of thioether (sulfide) groups is 1. The summed E-state index contributed by atoms with van der Waals surface area (Å²) in [6.07, 6.45) is 2.16. The van der Waals surface area contributed by atoms with E-state index in [2.05, 4.69) is 16.3 Å². The monoisotopic (exact) mass is 499 g/mol. The summed E-state index contributed by atoms with van der Waals surface area (Å²) in [4.78, 5) is 3.78. The molecule has 2 aromatic rings. The summed E-state index contributed by atoms with van der Waals surface area (Å²) >= 11 is 1.23. The van der Waals surface area contributed by atoms with Crippen LogP contribution in [0.1, 0.15) is 12.0 Å². The number of hydrogen-bond donors (Lipinski definition) is 0. The van der Waals surface area contributed by atoms with E-state index < -0.39 is 17.8 Å². The Morgan fingerprint density at radius 1 is 1.50 bits per heavy atom. The van der Waals surface area contributed by atoms with Gasteiger partial charge in [0, 0.05) is 5.82 Å². The zero-order valence-electron chi connectivity index (χ0n) is 8.25. The first-order chi connectivity index (χ1) is 7.13. The van der Waals surface area contributed by atoms with E-state index in [-0.39, 0.29) is 5.52 Å². The van der Waals surface area contributed by atoms with Gasteiger partial charge in [-0.2, -0.15) is 5.10 Å². The van der Waals surface area contributed by atoms with Gasteiger partial charge < -0.3 is 4.52 Å². The van der Waals surface area contributed by atoms with E-state index in [1.54, 1.807) is 6.26 Å². The molecular formula is C8H5F3N3RfS-. The fourth-order valence-corrected chi connectivity index (χ4v) is 1.43. The molecular weight excluding hydrogens is 494 g/mol. The molecule has 2 rings (SSSR count). The Labute approximate surface area is 87.3 Å². The number of nitrogens with zero attached hydrogens (tertiary/aromatic N) is 3. The third-order valence-corrected chi connectivity index (χ3v) is 2.35. The molecule has 0 fully saturated rings. The number of alkyl halides is 2. The molecule has 0 N–H and O–H groups in total. The molecule has 8 heteroatoms. The van der Waals surface area contributed by atoms with Crippen LogP contribution in [0.15, 0.2) is 11.4 Å². The van der Waals surface area contributed by atoms with Crippen molar-refractivity contribution in [3.8, 4) is 0 Å². The molecule has 2 aromatic heterocycles. The zero-order valence-corrected chi connectivity index (χ0v) is 15.5. The summed E-state index contributed by atoms with van der Waals surface area (Å²) < 4.78 is 38.9. The first kappa shape index (κ1) is 11.8. The standard InChI is InChI=1S/C8H5F3N3S.Rf/c1-15-8-12-2-5-6(9)4(7(10)11)3-14(5)13-8;/h2,7H,1H3;/q-1;. The Morgan fingerprint density at radius 3 is 2.75 bits per heavy atom. The van der Waals surface area contributed by atoms with Gasteiger partial charge in [-0.1, -0.05) is 23.5 Å². The summed E-state index contributed by atoms with van der Waals surface area (Å²) in [6.45, 7) is 0. The second kappa shape index (κ2) is 4.09. The number of fused-ring (bicyclic) bond motifs is 1. The van der Waals surface area contributed by atoms with Crippen LogP contribution in [-0.4, -0.2) is 20.9 Å². The molecule has 0 aliphatic carbocycles. The number of aromatic nitrogens is 3. The van der Waals surface area contributed by atoms with Crippen molar-refractivity contribution in [3.05, 3.63) is 23.8 Å². The molecule has 0 amide bonds. The van der Waals surface area contributed by atoms with Gasteiger partial charge in [-0.3, -0.25) is 4.39 Å². The van der Waals surface area contributed by atoms with Crippen LogP contribution < -0.4 is 0 Å². The summed E-state index contributed by atoms with van der Waals surface area (Å²) in [5.74, 6) is -1.02. The Morgan fingerprint density at radius 2 is 2.19 bits per heavy atom. The van der Waals surface area contributed by atoms with Gasteiger partial charge in [-0.25, -0.2) is 13.8 Å². The third kappa shape index (κ3) is 1.65. The number of halogens is 3. The summed E-state index contributed by atoms with van der Waals surface area (Å²) in [5.41, 5.74) is -0.870. The maximum absolute atomic E-state index is 13.3. The Bertz CT molecular complexity index is 502. The fraction of sp³-hybridized carbons (Fsp3) is 0.250. The van der Waals surface area contributed by atoms with Crippen molar-refractivity contribution < 1.29 is 13.2 Å². The van der Waals surface area contributed by atoms with Gasteiger partial charge in [0.05, 0.1) is 0 Å². The largest absolute Gasteiger partial charge is 0.353 e. The minimum absolute atomic E-state index is 0. The Kier molecular flexibility index (Phi) is 3.03. The van der Waals surface area contributed by atoms with E-state index in [1.165, 1.54) is 11.8 Å². The van der Waals surface area contributed by atoms with Crippen molar-refractivity contribution in [3.63, 3.8) is 0 Å². The minimum Gasteiger partial charge on any atom is -0.353 e. The molecule has 16 heavy (non-hydrogen) atoms. The van der Waals surface area contributed by atoms with E-state index in [4.69, 9.17) is 0 Å². The van der Waals surface area contributed by atoms with Gasteiger partial charge in [-0.05, 0) is 18.0 Å². The molecule has 0 saturated carbocycles. The maximum atomic E-state index is 13.3. The molecule has 0 atom stereocenters. The van der Waals surface area contributed by atoms with Crippen LogP contribution in [0, 0.1) is 12.0 Å². The molecule has 0 unspecified atom stereocenters. The first-order valence-corrected chi connectivity index (χ1v) is 5.14. The van der Waals surface area contributed by atoms with Crippen LogP contribution in [0.3, 0.4) is 0 Å². The van der Waals surface area contributed by atoms with Crippen LogP contribution >= 0.6 is 11.8 Å². The first-order valence-electron chi connectivity index (χ1n) is 3.92. The van der Waals surface area contributed by atoms with Crippen molar-refractivity contribution in [2.45, 2.75) is 11.6 Å². The van der Waals surface area contributed by atoms with Crippen LogP contribution in [0.4, 0.5) is 13.2 Å². The molecule has 2 heterocycles. The Balaban J connectivity index is 0.00000128. The SMILES string of the molecule is CSc1ncc2c(F)c(C(F)F)[c-]n2n1.[Rf]. The van der Waals surface area contributed by atoms with Gasteiger partial charge in [-0.15, -0.1) is 0 Å². The van der Waals surface area contributed by atoms with E-state index in [1.807, 2.05) is 0 Å². The van der Waals surface area contributed by atoms with E-state index in [0.717, 1.165) is 10.7 Å². The van der Waals surface area contributed by atoms with Crippen LogP contribution in [0.5, 0.6) is 0 Å². The van der Waals surface area contributed by atoms with Crippen molar-refractivity contribution in [2.75, 3.05) is 6.26 Å². The predicted molar refractivity (Wildman–Crippen MR) is 48.5 cm³/mol. The number of rotatable bonds is 2. The quantitative estimate of drug-likeness (QED) is 0.470. The van der Waals surface area contributed by atoms with Crippen molar-refractivity contribution in [1.82, 2.24) is 14.6 Å². The molecule has 0 aliphatic heterocycles. The summed E-state index contributed by atoms with van der Waals surface area (Å²) in [5, 5.41) is 4.17. The molecule has 0 aliphatic rings. The van der Waals surface area contributed by atoms with Gasteiger partial charge in [0.15, 0.2) is 0 Å². The molecule has 0 aromatic carbocycles. The predicted octanol–water partition coefficient (Wildman–Crippen LogP) is 2.33. The summed E-state index contributed by atoms with van der Waals surface area (Å²) in [6, 6.07) is 0. The smallest absolute Gasteiger partial charge is 0.245 e. The minimum atomic E-state index is -2.90. The van der Waals surface area contributed by atoms with Crippen LogP contribution in [0.2, 0.25) is 0 Å². The fourth-order valence-electron chi connectivity index (χ4n) is 1.11. The zero-order chi connectivity index (χ0) is 11.0. The van der Waals surface area contributed by atoms with E-state index in [9.17, 15) is 13.2 Å². The van der Waals surface area contributed by atoms with Crippen LogP contribution in [-0.2, 0) is 0 Å². The average molecular weight is 499 g/mol. The molecule has 0 saturated heterocycles. The third-order valence-electron chi connectivity index (χ3n) is 1.80. The summed E-state index contributed by atoms with van der Waals surface area (Å²) in [7, 11) is 0. The normalized spacial score (nSPS) is 10.8. The van der Waals surface area contributed by atoms with E-state index >= 15 is 0 Å². The van der Waals surface area contributed by atoms with Gasteiger partial charge in [0.25, 0.3) is 0 Å². The Hall–Kier alpha value is -2.24. The van der Waals surface area contributed by atoms with Crippen molar-refractivity contribution >= 4 is 17.3 Å². The molecule has 0 bridgehead atoms. The number of hydrogen-bond acceptors (Lipinski definition) is 3. The molecule has 0 spiro atoms. The van der Waals surface area contributed by atoms with Gasteiger partial charge in [0.1, 0.15) is 0 Å². The van der Waals surface area contributed by atoms with Crippen LogP contribution in [0.25, 0.3) is 5.52 Å². The van der Waals surface area contributed by atoms with E-state index in [0.29, 0.717) is 5.16 Å². The average Bonchev–Trinajstić information content (AvgIpc) is 2.55. The maximum Gasteiger partial charge on any atom is 0.245 e. The van der Waals surface area contributed by atoms with Crippen molar-refractivity contribution in [2.24, 2.45) is 0 Å². The van der Waals surface area contributed by atoms with Crippen molar-refractivity contribution in [1.29, 1.82) is 0 Å². The second-order valence-corrected chi connectivity index (χ2v) is 3.46.